The van der Waals surface area contributed by atoms with Gasteiger partial charge < -0.3 is 5.11 Å². The van der Waals surface area contributed by atoms with Crippen molar-refractivity contribution < 1.29 is 5.11 Å². The van der Waals surface area contributed by atoms with E-state index in [1.807, 2.05) is 0 Å². The van der Waals surface area contributed by atoms with E-state index in [0.717, 1.165) is 11.1 Å². The van der Waals surface area contributed by atoms with Crippen molar-refractivity contribution in [2.45, 2.75) is 74.1 Å². The maximum Gasteiger partial charge on any atom is 0.123 e. The maximum atomic E-state index is 10.9. The van der Waals surface area contributed by atoms with Gasteiger partial charge in [0.25, 0.3) is 0 Å². The van der Waals surface area contributed by atoms with Crippen LogP contribution in [0, 0.1) is 5.41 Å². The molecule has 1 aromatic rings. The Morgan fingerprint density at radius 1 is 0.870 bits per heavy atom. The molecule has 1 aliphatic rings. The summed E-state index contributed by atoms with van der Waals surface area (Å²) < 4.78 is 0. The largest absolute Gasteiger partial charge is 0.507 e. The summed E-state index contributed by atoms with van der Waals surface area (Å²) in [4.78, 5) is 0. The number of rotatable bonds is 3. The third-order valence-corrected chi connectivity index (χ3v) is 5.78. The molecule has 1 aromatic carbocycles. The maximum absolute atomic E-state index is 10.9. The summed E-state index contributed by atoms with van der Waals surface area (Å²) in [5.74, 6) is 1.11. The molecular formula is C22H32O. The van der Waals surface area contributed by atoms with Gasteiger partial charge in [0.15, 0.2) is 0 Å². The molecular weight excluding hydrogens is 280 g/mol. The van der Waals surface area contributed by atoms with Crippen LogP contribution < -0.4 is 0 Å². The van der Waals surface area contributed by atoms with Crippen LogP contribution in [0.5, 0.6) is 5.75 Å². The number of benzene rings is 1. The minimum Gasteiger partial charge on any atom is -0.507 e. The summed E-state index contributed by atoms with van der Waals surface area (Å²) in [6.07, 6.45) is 0. The fraction of sp³-hybridized carbons (Fsp3) is 0.545. The molecule has 0 amide bonds. The zero-order valence-corrected chi connectivity index (χ0v) is 16.3. The van der Waals surface area contributed by atoms with Crippen molar-refractivity contribution in [1.82, 2.24) is 0 Å². The van der Waals surface area contributed by atoms with Crippen molar-refractivity contribution in [3.8, 4) is 5.75 Å². The predicted octanol–water partition coefficient (Wildman–Crippen LogP) is 6.79. The first kappa shape index (κ1) is 17.8. The highest BCUT2D eigenvalue weighted by Crippen LogP contribution is 2.53. The molecule has 0 heterocycles. The molecule has 2 rings (SSSR count). The molecule has 23 heavy (non-hydrogen) atoms. The third-order valence-electron chi connectivity index (χ3n) is 5.78. The molecule has 0 atom stereocenters. The molecule has 0 aliphatic heterocycles. The van der Waals surface area contributed by atoms with Crippen LogP contribution in [0.3, 0.4) is 0 Å². The lowest BCUT2D eigenvalue weighted by Crippen LogP contribution is -2.15. The van der Waals surface area contributed by atoms with Crippen molar-refractivity contribution in [3.05, 3.63) is 45.5 Å². The van der Waals surface area contributed by atoms with Gasteiger partial charge in [0.1, 0.15) is 5.75 Å². The van der Waals surface area contributed by atoms with E-state index in [1.165, 1.54) is 27.9 Å². The molecule has 0 spiro atoms. The first-order valence-corrected chi connectivity index (χ1v) is 8.77. The Morgan fingerprint density at radius 3 is 1.83 bits per heavy atom. The van der Waals surface area contributed by atoms with Gasteiger partial charge in [-0.1, -0.05) is 59.2 Å². The number of aromatic hydroxyl groups is 1. The Balaban J connectivity index is 2.78. The van der Waals surface area contributed by atoms with E-state index < -0.39 is 0 Å². The van der Waals surface area contributed by atoms with E-state index in [9.17, 15) is 5.11 Å². The standard InChI is InChI=1S/C22H32O/c1-12(2)17-10-11-18(19(13(3)4)21(17)23)20-15(6)14(5)16(7)22(20,8)9/h10-13,23H,1-9H3. The Hall–Kier alpha value is -1.50. The van der Waals surface area contributed by atoms with Gasteiger partial charge in [-0.05, 0) is 60.5 Å². The molecule has 0 aromatic heterocycles. The Bertz CT molecular complexity index is 697. The quantitative estimate of drug-likeness (QED) is 0.651. The highest BCUT2D eigenvalue weighted by atomic mass is 16.3. The van der Waals surface area contributed by atoms with E-state index in [2.05, 4.69) is 74.4 Å². The van der Waals surface area contributed by atoms with Crippen LogP contribution in [0.15, 0.2) is 28.9 Å². The summed E-state index contributed by atoms with van der Waals surface area (Å²) in [6, 6.07) is 4.34. The fourth-order valence-electron chi connectivity index (χ4n) is 4.03. The van der Waals surface area contributed by atoms with E-state index in [1.54, 1.807) is 0 Å². The molecule has 0 saturated heterocycles. The molecule has 126 valence electrons. The number of phenolic OH excluding ortho intramolecular Hbond substituents is 1. The van der Waals surface area contributed by atoms with Gasteiger partial charge in [0, 0.05) is 11.0 Å². The van der Waals surface area contributed by atoms with Crippen LogP contribution in [-0.2, 0) is 0 Å². The number of hydrogen-bond acceptors (Lipinski definition) is 1. The van der Waals surface area contributed by atoms with E-state index in [4.69, 9.17) is 0 Å². The number of allylic oxidation sites excluding steroid dienone is 4. The summed E-state index contributed by atoms with van der Waals surface area (Å²) in [5.41, 5.74) is 8.96. The lowest BCUT2D eigenvalue weighted by molar-refractivity contribution is 0.453. The van der Waals surface area contributed by atoms with Gasteiger partial charge in [0.2, 0.25) is 0 Å². The second kappa shape index (κ2) is 5.85. The minimum atomic E-state index is 0.0175. The molecule has 1 aliphatic carbocycles. The Labute approximate surface area is 142 Å². The lowest BCUT2D eigenvalue weighted by atomic mass is 9.74. The first-order valence-electron chi connectivity index (χ1n) is 8.77. The van der Waals surface area contributed by atoms with E-state index >= 15 is 0 Å². The normalized spacial score (nSPS) is 17.9. The van der Waals surface area contributed by atoms with Crippen molar-refractivity contribution in [1.29, 1.82) is 0 Å². The van der Waals surface area contributed by atoms with Crippen LogP contribution in [0.25, 0.3) is 5.57 Å². The van der Waals surface area contributed by atoms with Gasteiger partial charge >= 0.3 is 0 Å². The van der Waals surface area contributed by atoms with Crippen molar-refractivity contribution in [2.75, 3.05) is 0 Å². The molecule has 0 saturated carbocycles. The van der Waals surface area contributed by atoms with Gasteiger partial charge in [-0.2, -0.15) is 0 Å². The topological polar surface area (TPSA) is 20.2 Å². The van der Waals surface area contributed by atoms with Crippen molar-refractivity contribution in [3.63, 3.8) is 0 Å². The Morgan fingerprint density at radius 2 is 1.43 bits per heavy atom. The highest BCUT2D eigenvalue weighted by molar-refractivity contribution is 5.85. The van der Waals surface area contributed by atoms with Gasteiger partial charge in [-0.15, -0.1) is 0 Å². The van der Waals surface area contributed by atoms with E-state index in [0.29, 0.717) is 17.6 Å². The lowest BCUT2D eigenvalue weighted by Gasteiger charge is -2.29. The SMILES string of the molecule is CC1=C(C)C(C)(C)C(c2ccc(C(C)C)c(O)c2C(C)C)=C1C. The number of hydrogen-bond donors (Lipinski definition) is 1. The predicted molar refractivity (Wildman–Crippen MR) is 101 cm³/mol. The molecule has 0 fully saturated rings. The van der Waals surface area contributed by atoms with Crippen molar-refractivity contribution >= 4 is 5.57 Å². The summed E-state index contributed by atoms with van der Waals surface area (Å²) in [5, 5.41) is 10.9. The fourth-order valence-corrected chi connectivity index (χ4v) is 4.03. The molecule has 1 nitrogen and oxygen atoms in total. The van der Waals surface area contributed by atoms with Crippen molar-refractivity contribution in [2.24, 2.45) is 5.41 Å². The Kier molecular flexibility index (Phi) is 4.54. The number of phenols is 1. The zero-order chi connectivity index (χ0) is 17.7. The highest BCUT2D eigenvalue weighted by Gasteiger charge is 2.37. The molecule has 1 heteroatoms. The van der Waals surface area contributed by atoms with Crippen LogP contribution in [-0.4, -0.2) is 5.11 Å². The monoisotopic (exact) mass is 312 g/mol. The van der Waals surface area contributed by atoms with Gasteiger partial charge in [-0.3, -0.25) is 0 Å². The zero-order valence-electron chi connectivity index (χ0n) is 16.3. The van der Waals surface area contributed by atoms with Gasteiger partial charge in [-0.25, -0.2) is 0 Å². The summed E-state index contributed by atoms with van der Waals surface area (Å²) >= 11 is 0. The minimum absolute atomic E-state index is 0.0175. The second-order valence-electron chi connectivity index (χ2n) is 8.15. The molecule has 1 N–H and O–H groups in total. The van der Waals surface area contributed by atoms with Crippen LogP contribution in [0.1, 0.15) is 90.8 Å². The first-order chi connectivity index (χ1) is 10.5. The second-order valence-corrected chi connectivity index (χ2v) is 8.15. The van der Waals surface area contributed by atoms with Gasteiger partial charge in [0.05, 0.1) is 0 Å². The average Bonchev–Trinajstić information content (AvgIpc) is 2.58. The van der Waals surface area contributed by atoms with Crippen LogP contribution >= 0.6 is 0 Å². The summed E-state index contributed by atoms with van der Waals surface area (Å²) in [6.45, 7) is 19.9. The van der Waals surface area contributed by atoms with Crippen LogP contribution in [0.4, 0.5) is 0 Å². The van der Waals surface area contributed by atoms with Crippen LogP contribution in [0.2, 0.25) is 0 Å². The third kappa shape index (κ3) is 2.65. The molecule has 0 bridgehead atoms. The average molecular weight is 312 g/mol. The smallest absolute Gasteiger partial charge is 0.123 e. The van der Waals surface area contributed by atoms with E-state index in [-0.39, 0.29) is 5.41 Å². The summed E-state index contributed by atoms with van der Waals surface area (Å²) in [7, 11) is 0. The molecule has 0 radical (unpaired) electrons. The molecule has 0 unspecified atom stereocenters.